The zero-order valence-corrected chi connectivity index (χ0v) is 19.9. The topological polar surface area (TPSA) is 40.6 Å². The van der Waals surface area contributed by atoms with Crippen LogP contribution in [0.4, 0.5) is 4.39 Å². The van der Waals surface area contributed by atoms with Gasteiger partial charge < -0.3 is 9.80 Å². The number of carbonyl (C=O) groups is 2. The summed E-state index contributed by atoms with van der Waals surface area (Å²) < 4.78 is 14.1. The first-order valence-corrected chi connectivity index (χ1v) is 13.0. The van der Waals surface area contributed by atoms with E-state index in [1.165, 1.54) is 18.9 Å². The van der Waals surface area contributed by atoms with Gasteiger partial charge in [0.05, 0.1) is 12.3 Å². The molecule has 1 saturated carbocycles. The standard InChI is InChI=1S/C29H35FN2O2/c30-25-15-7-6-13-23(25)19-27(33)31-18-16-26-24(20-31)14-8-17-32(26)29(34)28(22-11-4-5-12-22)21-9-2-1-3-10-21/h1-3,6-7,9-10,13,15,22,24,26,28H,4-5,8,11-12,14,16-20H2/t24-,26+,28?/m1/s1. The molecule has 2 aliphatic heterocycles. The number of rotatable bonds is 5. The number of benzene rings is 2. The van der Waals surface area contributed by atoms with E-state index in [9.17, 15) is 14.0 Å². The van der Waals surface area contributed by atoms with Gasteiger partial charge in [0.2, 0.25) is 11.8 Å². The lowest BCUT2D eigenvalue weighted by Crippen LogP contribution is -2.57. The molecule has 0 N–H and O–H groups in total. The van der Waals surface area contributed by atoms with Gasteiger partial charge in [-0.3, -0.25) is 9.59 Å². The van der Waals surface area contributed by atoms with Crippen molar-refractivity contribution < 1.29 is 14.0 Å². The Hall–Kier alpha value is -2.69. The van der Waals surface area contributed by atoms with Crippen LogP contribution in [-0.4, -0.2) is 47.3 Å². The van der Waals surface area contributed by atoms with E-state index in [0.29, 0.717) is 36.4 Å². The SMILES string of the molecule is O=C(Cc1ccccc1F)N1CC[C@H]2[C@H](CCCN2C(=O)C(c2ccccc2)C2CCCC2)C1. The van der Waals surface area contributed by atoms with Gasteiger partial charge in [-0.05, 0) is 61.1 Å². The molecule has 2 aromatic carbocycles. The smallest absolute Gasteiger partial charge is 0.230 e. The van der Waals surface area contributed by atoms with Gasteiger partial charge in [-0.15, -0.1) is 0 Å². The summed E-state index contributed by atoms with van der Waals surface area (Å²) in [4.78, 5) is 31.1. The quantitative estimate of drug-likeness (QED) is 0.614. The second-order valence-corrected chi connectivity index (χ2v) is 10.3. The number of hydrogen-bond acceptors (Lipinski definition) is 2. The van der Waals surface area contributed by atoms with Crippen molar-refractivity contribution >= 4 is 11.8 Å². The maximum Gasteiger partial charge on any atom is 0.230 e. The molecule has 2 saturated heterocycles. The zero-order valence-electron chi connectivity index (χ0n) is 19.9. The molecule has 1 unspecified atom stereocenters. The van der Waals surface area contributed by atoms with E-state index in [2.05, 4.69) is 17.0 Å². The summed E-state index contributed by atoms with van der Waals surface area (Å²) in [6.07, 6.45) is 7.62. The van der Waals surface area contributed by atoms with Gasteiger partial charge >= 0.3 is 0 Å². The van der Waals surface area contributed by atoms with E-state index in [-0.39, 0.29) is 30.1 Å². The number of hydrogen-bond donors (Lipinski definition) is 0. The summed E-state index contributed by atoms with van der Waals surface area (Å²) in [5.41, 5.74) is 1.61. The van der Waals surface area contributed by atoms with Crippen LogP contribution in [0.25, 0.3) is 0 Å². The third-order valence-corrected chi connectivity index (χ3v) is 8.30. The number of halogens is 1. The predicted molar refractivity (Wildman–Crippen MR) is 131 cm³/mol. The molecular formula is C29H35FN2O2. The maximum absolute atomic E-state index is 14.1. The molecule has 34 heavy (non-hydrogen) atoms. The van der Waals surface area contributed by atoms with E-state index < -0.39 is 0 Å². The zero-order chi connectivity index (χ0) is 23.5. The number of likely N-dealkylation sites (tertiary alicyclic amines) is 2. The van der Waals surface area contributed by atoms with Crippen LogP contribution in [0.3, 0.4) is 0 Å². The van der Waals surface area contributed by atoms with Crippen LogP contribution in [-0.2, 0) is 16.0 Å². The van der Waals surface area contributed by atoms with Crippen LogP contribution < -0.4 is 0 Å². The minimum atomic E-state index is -0.320. The van der Waals surface area contributed by atoms with Crippen LogP contribution >= 0.6 is 0 Å². The molecule has 2 aromatic rings. The van der Waals surface area contributed by atoms with Crippen molar-refractivity contribution in [1.82, 2.24) is 9.80 Å². The minimum Gasteiger partial charge on any atom is -0.342 e. The molecule has 2 heterocycles. The molecule has 0 bridgehead atoms. The molecule has 1 aliphatic carbocycles. The van der Waals surface area contributed by atoms with Crippen molar-refractivity contribution in [1.29, 1.82) is 0 Å². The largest absolute Gasteiger partial charge is 0.342 e. The molecule has 5 rings (SSSR count). The van der Waals surface area contributed by atoms with Gasteiger partial charge in [0, 0.05) is 25.7 Å². The molecule has 4 nitrogen and oxygen atoms in total. The Labute approximate surface area is 202 Å². The summed E-state index contributed by atoms with van der Waals surface area (Å²) in [6.45, 7) is 2.12. The minimum absolute atomic E-state index is 0.0138. The third-order valence-electron chi connectivity index (χ3n) is 8.30. The molecule has 0 radical (unpaired) electrons. The molecule has 180 valence electrons. The fourth-order valence-electron chi connectivity index (χ4n) is 6.57. The van der Waals surface area contributed by atoms with E-state index in [1.54, 1.807) is 18.2 Å². The summed E-state index contributed by atoms with van der Waals surface area (Å²) in [5, 5.41) is 0. The van der Waals surface area contributed by atoms with Crippen molar-refractivity contribution in [3.8, 4) is 0 Å². The van der Waals surface area contributed by atoms with Crippen molar-refractivity contribution in [2.45, 2.75) is 63.3 Å². The Morgan fingerprint density at radius 2 is 1.62 bits per heavy atom. The lowest BCUT2D eigenvalue weighted by molar-refractivity contribution is -0.143. The first-order chi connectivity index (χ1) is 16.6. The Balaban J connectivity index is 1.29. The second-order valence-electron chi connectivity index (χ2n) is 10.3. The monoisotopic (exact) mass is 462 g/mol. The van der Waals surface area contributed by atoms with E-state index in [1.807, 2.05) is 23.1 Å². The predicted octanol–water partition coefficient (Wildman–Crippen LogP) is 5.18. The fraction of sp³-hybridized carbons (Fsp3) is 0.517. The van der Waals surface area contributed by atoms with Crippen LogP contribution in [0.15, 0.2) is 54.6 Å². The second kappa shape index (κ2) is 10.3. The van der Waals surface area contributed by atoms with Crippen LogP contribution in [0.2, 0.25) is 0 Å². The molecule has 2 amide bonds. The van der Waals surface area contributed by atoms with Gasteiger partial charge in [0.15, 0.2) is 0 Å². The fourth-order valence-corrected chi connectivity index (χ4v) is 6.57. The number of piperidine rings is 2. The highest BCUT2D eigenvalue weighted by molar-refractivity contribution is 5.85. The first kappa shape index (κ1) is 23.1. The van der Waals surface area contributed by atoms with Crippen molar-refractivity contribution in [2.24, 2.45) is 11.8 Å². The van der Waals surface area contributed by atoms with Gasteiger partial charge in [-0.2, -0.15) is 0 Å². The Kier molecular flexibility index (Phi) is 6.98. The first-order valence-electron chi connectivity index (χ1n) is 13.0. The molecule has 0 aromatic heterocycles. The van der Waals surface area contributed by atoms with Crippen LogP contribution in [0.1, 0.15) is 62.0 Å². The summed E-state index contributed by atoms with van der Waals surface area (Å²) in [7, 11) is 0. The van der Waals surface area contributed by atoms with Crippen LogP contribution in [0.5, 0.6) is 0 Å². The lowest BCUT2D eigenvalue weighted by Gasteiger charge is -2.48. The molecular weight excluding hydrogens is 427 g/mol. The van der Waals surface area contributed by atoms with Gasteiger partial charge in [-0.25, -0.2) is 4.39 Å². The normalized spacial score (nSPS) is 24.0. The molecule has 3 atom stereocenters. The Morgan fingerprint density at radius 3 is 2.38 bits per heavy atom. The Bertz CT molecular complexity index is 1000. The highest BCUT2D eigenvalue weighted by Crippen LogP contribution is 2.41. The van der Waals surface area contributed by atoms with Gasteiger partial charge in [-0.1, -0.05) is 61.4 Å². The Morgan fingerprint density at radius 1 is 0.882 bits per heavy atom. The summed E-state index contributed by atoms with van der Waals surface area (Å²) >= 11 is 0. The van der Waals surface area contributed by atoms with Crippen LogP contribution in [0, 0.1) is 17.7 Å². The van der Waals surface area contributed by atoms with E-state index in [4.69, 9.17) is 0 Å². The van der Waals surface area contributed by atoms with E-state index in [0.717, 1.165) is 44.2 Å². The summed E-state index contributed by atoms with van der Waals surface area (Å²) in [5.74, 6) is 0.634. The van der Waals surface area contributed by atoms with E-state index >= 15 is 0 Å². The maximum atomic E-state index is 14.1. The van der Waals surface area contributed by atoms with Crippen molar-refractivity contribution in [3.05, 3.63) is 71.5 Å². The highest BCUT2D eigenvalue weighted by atomic mass is 19.1. The number of carbonyl (C=O) groups excluding carboxylic acids is 2. The average molecular weight is 463 g/mol. The summed E-state index contributed by atoms with van der Waals surface area (Å²) in [6, 6.07) is 17.1. The number of fused-ring (bicyclic) bond motifs is 1. The lowest BCUT2D eigenvalue weighted by atomic mass is 9.79. The van der Waals surface area contributed by atoms with Crippen molar-refractivity contribution in [2.75, 3.05) is 19.6 Å². The van der Waals surface area contributed by atoms with Gasteiger partial charge in [0.1, 0.15) is 5.82 Å². The number of nitrogens with zero attached hydrogens (tertiary/aromatic N) is 2. The molecule has 0 spiro atoms. The molecule has 3 aliphatic rings. The highest BCUT2D eigenvalue weighted by Gasteiger charge is 2.43. The van der Waals surface area contributed by atoms with Gasteiger partial charge in [0.25, 0.3) is 0 Å². The number of amides is 2. The molecule has 3 fully saturated rings. The van der Waals surface area contributed by atoms with Crippen molar-refractivity contribution in [3.63, 3.8) is 0 Å². The third kappa shape index (κ3) is 4.75. The average Bonchev–Trinajstić information content (AvgIpc) is 3.40. The molecule has 5 heteroatoms.